The van der Waals surface area contributed by atoms with Crippen molar-refractivity contribution in [2.45, 2.75) is 22.6 Å². The monoisotopic (exact) mass is 363 g/mol. The Morgan fingerprint density at radius 1 is 0.833 bits per heavy atom. The van der Waals surface area contributed by atoms with E-state index in [9.17, 15) is 15.0 Å². The molecule has 2 aromatic carbocycles. The van der Waals surface area contributed by atoms with Crippen LogP contribution in [0.15, 0.2) is 58.3 Å². The van der Waals surface area contributed by atoms with Gasteiger partial charge >= 0.3 is 0 Å². The second-order valence-corrected chi connectivity index (χ2v) is 7.47. The molecule has 3 N–H and O–H groups in total. The first-order valence-corrected chi connectivity index (χ1v) is 9.71. The number of nitrogens with one attached hydrogen (secondary N) is 1. The molecule has 0 saturated heterocycles. The molecule has 1 amide bonds. The number of benzene rings is 2. The van der Waals surface area contributed by atoms with E-state index in [1.54, 1.807) is 47.8 Å². The maximum atomic E-state index is 11.8. The summed E-state index contributed by atoms with van der Waals surface area (Å²) in [5.74, 6) is 2.24. The lowest BCUT2D eigenvalue weighted by atomic mass is 10.3. The summed E-state index contributed by atoms with van der Waals surface area (Å²) in [5, 5.41) is 21.4. The van der Waals surface area contributed by atoms with E-state index in [4.69, 9.17) is 0 Å². The predicted molar refractivity (Wildman–Crippen MR) is 99.9 cm³/mol. The SMILES string of the molecule is O=C(CCSc1ccc(O)cc1)NCCCSc1ccc(O)cc1. The van der Waals surface area contributed by atoms with Gasteiger partial charge in [0.2, 0.25) is 5.91 Å². The molecular weight excluding hydrogens is 342 g/mol. The fourth-order valence-electron chi connectivity index (χ4n) is 1.92. The van der Waals surface area contributed by atoms with Gasteiger partial charge in [-0.15, -0.1) is 23.5 Å². The van der Waals surface area contributed by atoms with Crippen molar-refractivity contribution in [1.82, 2.24) is 5.32 Å². The van der Waals surface area contributed by atoms with Gasteiger partial charge < -0.3 is 15.5 Å². The molecule has 128 valence electrons. The van der Waals surface area contributed by atoms with Crippen molar-refractivity contribution in [1.29, 1.82) is 0 Å². The van der Waals surface area contributed by atoms with Crippen LogP contribution < -0.4 is 5.32 Å². The lowest BCUT2D eigenvalue weighted by Gasteiger charge is -2.06. The van der Waals surface area contributed by atoms with Crippen molar-refractivity contribution >= 4 is 29.4 Å². The maximum Gasteiger partial charge on any atom is 0.220 e. The number of carbonyl (C=O) groups excluding carboxylic acids is 1. The van der Waals surface area contributed by atoms with Gasteiger partial charge in [0.1, 0.15) is 11.5 Å². The highest BCUT2D eigenvalue weighted by Gasteiger charge is 2.02. The summed E-state index contributed by atoms with van der Waals surface area (Å²) in [4.78, 5) is 13.9. The van der Waals surface area contributed by atoms with Crippen LogP contribution in [0.4, 0.5) is 0 Å². The van der Waals surface area contributed by atoms with Crippen molar-refractivity contribution in [2.75, 3.05) is 18.1 Å². The number of aromatic hydroxyl groups is 2. The molecule has 0 bridgehead atoms. The molecule has 0 heterocycles. The van der Waals surface area contributed by atoms with E-state index in [1.165, 1.54) is 0 Å². The Morgan fingerprint density at radius 2 is 1.33 bits per heavy atom. The van der Waals surface area contributed by atoms with Crippen LogP contribution in [0.1, 0.15) is 12.8 Å². The van der Waals surface area contributed by atoms with E-state index in [0.717, 1.165) is 27.7 Å². The molecule has 2 rings (SSSR count). The average Bonchev–Trinajstić information content (AvgIpc) is 2.58. The molecule has 0 aromatic heterocycles. The molecular formula is C18H21NO3S2. The van der Waals surface area contributed by atoms with Crippen molar-refractivity contribution in [2.24, 2.45) is 0 Å². The van der Waals surface area contributed by atoms with E-state index < -0.39 is 0 Å². The van der Waals surface area contributed by atoms with Crippen molar-refractivity contribution < 1.29 is 15.0 Å². The Morgan fingerprint density at radius 3 is 1.88 bits per heavy atom. The summed E-state index contributed by atoms with van der Waals surface area (Å²) in [6.45, 7) is 0.674. The highest BCUT2D eigenvalue weighted by Crippen LogP contribution is 2.22. The number of phenolic OH excluding ortho intramolecular Hbond substituents is 2. The van der Waals surface area contributed by atoms with Crippen LogP contribution in [0.25, 0.3) is 0 Å². The molecule has 24 heavy (non-hydrogen) atoms. The maximum absolute atomic E-state index is 11.8. The standard InChI is InChI=1S/C18H21NO3S2/c20-14-2-6-16(7-3-14)23-12-1-11-19-18(22)10-13-24-17-8-4-15(21)5-9-17/h2-9,20-21H,1,10-13H2,(H,19,22). The van der Waals surface area contributed by atoms with E-state index >= 15 is 0 Å². The lowest BCUT2D eigenvalue weighted by Crippen LogP contribution is -2.24. The number of hydrogen-bond donors (Lipinski definition) is 3. The van der Waals surface area contributed by atoms with Gasteiger partial charge in [0.15, 0.2) is 0 Å². The van der Waals surface area contributed by atoms with Gasteiger partial charge in [-0.2, -0.15) is 0 Å². The third-order valence-corrected chi connectivity index (χ3v) is 5.30. The third-order valence-electron chi connectivity index (χ3n) is 3.18. The largest absolute Gasteiger partial charge is 0.508 e. The van der Waals surface area contributed by atoms with Crippen molar-refractivity contribution in [3.05, 3.63) is 48.5 Å². The minimum atomic E-state index is 0.0657. The second kappa shape index (κ2) is 10.2. The molecule has 0 aliphatic rings. The Bertz CT molecular complexity index is 630. The number of amides is 1. The fraction of sp³-hybridized carbons (Fsp3) is 0.278. The zero-order chi connectivity index (χ0) is 17.2. The van der Waals surface area contributed by atoms with Crippen LogP contribution in [0.3, 0.4) is 0 Å². The number of thioether (sulfide) groups is 2. The van der Waals surface area contributed by atoms with Gasteiger partial charge in [-0.05, 0) is 60.7 Å². The van der Waals surface area contributed by atoms with Crippen LogP contribution >= 0.6 is 23.5 Å². The summed E-state index contributed by atoms with van der Waals surface area (Å²) >= 11 is 3.31. The van der Waals surface area contributed by atoms with E-state index in [2.05, 4.69) is 5.32 Å². The second-order valence-electron chi connectivity index (χ2n) is 5.14. The van der Waals surface area contributed by atoms with Crippen LogP contribution in [0.2, 0.25) is 0 Å². The Kier molecular flexibility index (Phi) is 7.85. The Balaban J connectivity index is 1.51. The van der Waals surface area contributed by atoms with Gasteiger partial charge in [0, 0.05) is 28.5 Å². The fourth-order valence-corrected chi connectivity index (χ4v) is 3.63. The van der Waals surface area contributed by atoms with Crippen LogP contribution in [-0.2, 0) is 4.79 Å². The molecule has 0 fully saturated rings. The smallest absolute Gasteiger partial charge is 0.220 e. The first-order valence-electron chi connectivity index (χ1n) is 7.74. The molecule has 0 unspecified atom stereocenters. The zero-order valence-corrected chi connectivity index (χ0v) is 14.9. The third kappa shape index (κ3) is 7.19. The minimum absolute atomic E-state index is 0.0657. The minimum Gasteiger partial charge on any atom is -0.508 e. The number of carbonyl (C=O) groups is 1. The molecule has 0 aliphatic carbocycles. The molecule has 0 saturated carbocycles. The molecule has 0 aliphatic heterocycles. The zero-order valence-electron chi connectivity index (χ0n) is 13.3. The number of rotatable bonds is 9. The number of hydrogen-bond acceptors (Lipinski definition) is 5. The van der Waals surface area contributed by atoms with Crippen molar-refractivity contribution in [3.63, 3.8) is 0 Å². The highest BCUT2D eigenvalue weighted by molar-refractivity contribution is 7.99. The van der Waals surface area contributed by atoms with Crippen LogP contribution in [-0.4, -0.2) is 34.2 Å². The van der Waals surface area contributed by atoms with Gasteiger partial charge in [0.25, 0.3) is 0 Å². The molecule has 2 aromatic rings. The van der Waals surface area contributed by atoms with Crippen LogP contribution in [0.5, 0.6) is 11.5 Å². The molecule has 4 nitrogen and oxygen atoms in total. The van der Waals surface area contributed by atoms with Gasteiger partial charge in [-0.3, -0.25) is 4.79 Å². The Labute approximate surface area is 150 Å². The first kappa shape index (κ1) is 18.5. The summed E-state index contributed by atoms with van der Waals surface area (Å²) in [6.07, 6.45) is 1.39. The van der Waals surface area contributed by atoms with Gasteiger partial charge in [-0.25, -0.2) is 0 Å². The van der Waals surface area contributed by atoms with E-state index in [-0.39, 0.29) is 17.4 Å². The summed E-state index contributed by atoms with van der Waals surface area (Å²) in [6, 6.07) is 14.1. The van der Waals surface area contributed by atoms with Gasteiger partial charge in [0.05, 0.1) is 0 Å². The Hall–Kier alpha value is -1.79. The first-order chi connectivity index (χ1) is 11.6. The van der Waals surface area contributed by atoms with E-state index in [0.29, 0.717) is 13.0 Å². The summed E-state index contributed by atoms with van der Waals surface area (Å²) in [5.41, 5.74) is 0. The quantitative estimate of drug-likeness (QED) is 0.466. The average molecular weight is 364 g/mol. The molecule has 0 atom stereocenters. The van der Waals surface area contributed by atoms with Gasteiger partial charge in [-0.1, -0.05) is 0 Å². The number of phenols is 2. The summed E-state index contributed by atoms with van der Waals surface area (Å²) in [7, 11) is 0. The highest BCUT2D eigenvalue weighted by atomic mass is 32.2. The summed E-state index contributed by atoms with van der Waals surface area (Å²) < 4.78 is 0. The normalized spacial score (nSPS) is 10.5. The molecule has 6 heteroatoms. The predicted octanol–water partition coefficient (Wildman–Crippen LogP) is 3.88. The van der Waals surface area contributed by atoms with Crippen molar-refractivity contribution in [3.8, 4) is 11.5 Å². The molecule has 0 spiro atoms. The van der Waals surface area contributed by atoms with Crippen LogP contribution in [0, 0.1) is 0 Å². The lowest BCUT2D eigenvalue weighted by molar-refractivity contribution is -0.120. The topological polar surface area (TPSA) is 69.6 Å². The molecule has 0 radical (unpaired) electrons. The van der Waals surface area contributed by atoms with E-state index in [1.807, 2.05) is 24.3 Å².